The average molecular weight is 287 g/mol. The molecule has 0 unspecified atom stereocenters. The van der Waals surface area contributed by atoms with Crippen LogP contribution in [-0.4, -0.2) is 24.0 Å². The maximum Gasteiger partial charge on any atom is 0.252 e. The van der Waals surface area contributed by atoms with E-state index in [0.29, 0.717) is 31.6 Å². The number of aromatic nitrogens is 1. The molecule has 112 valence electrons. The summed E-state index contributed by atoms with van der Waals surface area (Å²) in [5.41, 5.74) is 1.43. The monoisotopic (exact) mass is 287 g/mol. The van der Waals surface area contributed by atoms with Gasteiger partial charge in [-0.25, -0.2) is 0 Å². The zero-order valence-electron chi connectivity index (χ0n) is 12.2. The zero-order valence-corrected chi connectivity index (χ0v) is 12.2. The van der Waals surface area contributed by atoms with Crippen LogP contribution in [0.1, 0.15) is 25.3 Å². The fraction of sp³-hybridized carbons (Fsp3) is 0.375. The minimum atomic E-state index is -0.0864. The van der Waals surface area contributed by atoms with Crippen molar-refractivity contribution in [3.05, 3.63) is 46.2 Å². The number of rotatable bonds is 7. The van der Waals surface area contributed by atoms with E-state index in [1.807, 2.05) is 37.3 Å². The van der Waals surface area contributed by atoms with E-state index in [2.05, 4.69) is 15.6 Å². The lowest BCUT2D eigenvalue weighted by atomic mass is 10.1. The Bertz CT molecular complexity index is 664. The van der Waals surface area contributed by atoms with Gasteiger partial charge in [-0.15, -0.1) is 0 Å². The number of pyridine rings is 1. The molecule has 3 N–H and O–H groups in total. The van der Waals surface area contributed by atoms with Crippen LogP contribution in [0, 0.1) is 0 Å². The van der Waals surface area contributed by atoms with Crippen molar-refractivity contribution in [2.24, 2.45) is 0 Å². The third kappa shape index (κ3) is 4.43. The van der Waals surface area contributed by atoms with Crippen LogP contribution in [-0.2, 0) is 11.3 Å². The van der Waals surface area contributed by atoms with E-state index in [1.165, 1.54) is 0 Å². The number of aromatic amines is 1. The molecule has 1 aromatic heterocycles. The van der Waals surface area contributed by atoms with Gasteiger partial charge in [0.1, 0.15) is 0 Å². The number of nitrogens with one attached hydrogen (secondary N) is 3. The largest absolute Gasteiger partial charge is 0.356 e. The lowest BCUT2D eigenvalue weighted by Gasteiger charge is -2.06. The third-order valence-corrected chi connectivity index (χ3v) is 3.25. The van der Waals surface area contributed by atoms with Crippen molar-refractivity contribution in [3.63, 3.8) is 0 Å². The summed E-state index contributed by atoms with van der Waals surface area (Å²) in [7, 11) is 0. The van der Waals surface area contributed by atoms with E-state index in [0.717, 1.165) is 17.3 Å². The minimum absolute atomic E-state index is 0.0387. The molecule has 0 radical (unpaired) electrons. The Kier molecular flexibility index (Phi) is 5.51. The van der Waals surface area contributed by atoms with Crippen LogP contribution in [0.5, 0.6) is 0 Å². The quantitative estimate of drug-likeness (QED) is 0.676. The predicted octanol–water partition coefficient (Wildman–Crippen LogP) is 1.53. The molecule has 21 heavy (non-hydrogen) atoms. The van der Waals surface area contributed by atoms with Crippen LogP contribution >= 0.6 is 0 Å². The maximum absolute atomic E-state index is 11.9. The van der Waals surface area contributed by atoms with Crippen LogP contribution in [0.3, 0.4) is 0 Å². The molecule has 0 saturated heterocycles. The van der Waals surface area contributed by atoms with Gasteiger partial charge in [0.25, 0.3) is 5.56 Å². The Morgan fingerprint density at radius 3 is 2.86 bits per heavy atom. The first kappa shape index (κ1) is 15.3. The molecule has 0 bridgehead atoms. The van der Waals surface area contributed by atoms with Crippen molar-refractivity contribution in [3.8, 4) is 0 Å². The first-order chi connectivity index (χ1) is 10.2. The van der Waals surface area contributed by atoms with Gasteiger partial charge in [0, 0.05) is 37.1 Å². The summed E-state index contributed by atoms with van der Waals surface area (Å²) >= 11 is 0. The molecule has 1 heterocycles. The van der Waals surface area contributed by atoms with Gasteiger partial charge < -0.3 is 15.6 Å². The molecule has 0 aliphatic heterocycles. The van der Waals surface area contributed by atoms with Crippen molar-refractivity contribution >= 4 is 16.8 Å². The van der Waals surface area contributed by atoms with E-state index in [4.69, 9.17) is 0 Å². The molecular weight excluding hydrogens is 266 g/mol. The van der Waals surface area contributed by atoms with E-state index in [-0.39, 0.29) is 11.5 Å². The Morgan fingerprint density at radius 2 is 2.05 bits per heavy atom. The van der Waals surface area contributed by atoms with Crippen LogP contribution in [0.2, 0.25) is 0 Å². The maximum atomic E-state index is 11.9. The van der Waals surface area contributed by atoms with Gasteiger partial charge in [-0.3, -0.25) is 9.59 Å². The van der Waals surface area contributed by atoms with Crippen LogP contribution in [0.15, 0.2) is 35.1 Å². The second-order valence-electron chi connectivity index (χ2n) is 4.99. The van der Waals surface area contributed by atoms with Crippen LogP contribution in [0.25, 0.3) is 10.9 Å². The highest BCUT2D eigenvalue weighted by Crippen LogP contribution is 2.09. The van der Waals surface area contributed by atoms with Gasteiger partial charge in [0.15, 0.2) is 0 Å². The van der Waals surface area contributed by atoms with Gasteiger partial charge >= 0.3 is 0 Å². The average Bonchev–Trinajstić information content (AvgIpc) is 2.49. The van der Waals surface area contributed by atoms with Gasteiger partial charge in [-0.2, -0.15) is 0 Å². The third-order valence-electron chi connectivity index (χ3n) is 3.25. The number of carbonyl (C=O) groups is 1. The summed E-state index contributed by atoms with van der Waals surface area (Å²) in [6.45, 7) is 3.75. The first-order valence-corrected chi connectivity index (χ1v) is 7.29. The van der Waals surface area contributed by atoms with E-state index < -0.39 is 0 Å². The normalized spacial score (nSPS) is 10.7. The van der Waals surface area contributed by atoms with Gasteiger partial charge in [-0.05, 0) is 23.9 Å². The molecular formula is C16H21N3O2. The summed E-state index contributed by atoms with van der Waals surface area (Å²) in [5.74, 6) is 0.0387. The smallest absolute Gasteiger partial charge is 0.252 e. The minimum Gasteiger partial charge on any atom is -0.356 e. The summed E-state index contributed by atoms with van der Waals surface area (Å²) in [6, 6.07) is 9.57. The Balaban J connectivity index is 1.87. The zero-order chi connectivity index (χ0) is 15.1. The number of hydrogen-bond acceptors (Lipinski definition) is 3. The fourth-order valence-electron chi connectivity index (χ4n) is 2.10. The topological polar surface area (TPSA) is 74.0 Å². The summed E-state index contributed by atoms with van der Waals surface area (Å²) in [4.78, 5) is 26.2. The number of fused-ring (bicyclic) bond motifs is 1. The second kappa shape index (κ2) is 7.59. The molecule has 0 atom stereocenters. The molecule has 2 aromatic rings. The van der Waals surface area contributed by atoms with Crippen molar-refractivity contribution in [2.75, 3.05) is 13.1 Å². The highest BCUT2D eigenvalue weighted by molar-refractivity contribution is 5.78. The lowest BCUT2D eigenvalue weighted by molar-refractivity contribution is -0.120. The Hall–Kier alpha value is -2.14. The van der Waals surface area contributed by atoms with Crippen molar-refractivity contribution < 1.29 is 4.79 Å². The van der Waals surface area contributed by atoms with Crippen molar-refractivity contribution in [1.29, 1.82) is 0 Å². The molecule has 5 heteroatoms. The van der Waals surface area contributed by atoms with Gasteiger partial charge in [0.05, 0.1) is 0 Å². The SMILES string of the molecule is CCCNC(=O)CCNCc1cc2ccccc2[nH]c1=O. The highest BCUT2D eigenvalue weighted by Gasteiger charge is 2.03. The predicted molar refractivity (Wildman–Crippen MR) is 84.2 cm³/mol. The molecule has 1 amide bonds. The van der Waals surface area contributed by atoms with E-state index in [9.17, 15) is 9.59 Å². The molecule has 2 rings (SSSR count). The van der Waals surface area contributed by atoms with E-state index in [1.54, 1.807) is 0 Å². The van der Waals surface area contributed by atoms with Gasteiger partial charge in [0.2, 0.25) is 5.91 Å². The van der Waals surface area contributed by atoms with Crippen LogP contribution in [0.4, 0.5) is 0 Å². The molecule has 0 spiro atoms. The number of benzene rings is 1. The molecule has 0 saturated carbocycles. The number of para-hydroxylation sites is 1. The van der Waals surface area contributed by atoms with Crippen LogP contribution < -0.4 is 16.2 Å². The second-order valence-corrected chi connectivity index (χ2v) is 4.99. The van der Waals surface area contributed by atoms with Gasteiger partial charge in [-0.1, -0.05) is 25.1 Å². The summed E-state index contributed by atoms with van der Waals surface area (Å²) in [5, 5.41) is 6.96. The summed E-state index contributed by atoms with van der Waals surface area (Å²) in [6.07, 6.45) is 1.36. The number of amides is 1. The lowest BCUT2D eigenvalue weighted by Crippen LogP contribution is -2.29. The Labute approximate surface area is 123 Å². The number of hydrogen-bond donors (Lipinski definition) is 3. The molecule has 0 aliphatic carbocycles. The highest BCUT2D eigenvalue weighted by atomic mass is 16.1. The molecule has 5 nitrogen and oxygen atoms in total. The number of H-pyrrole nitrogens is 1. The standard InChI is InChI=1S/C16H21N3O2/c1-2-8-18-15(20)7-9-17-11-13-10-12-5-3-4-6-14(12)19-16(13)21/h3-6,10,17H,2,7-9,11H2,1H3,(H,18,20)(H,19,21). The van der Waals surface area contributed by atoms with Crippen molar-refractivity contribution in [2.45, 2.75) is 26.3 Å². The molecule has 0 aliphatic rings. The number of carbonyl (C=O) groups excluding carboxylic acids is 1. The molecule has 0 fully saturated rings. The molecule has 1 aromatic carbocycles. The fourth-order valence-corrected chi connectivity index (χ4v) is 2.10. The van der Waals surface area contributed by atoms with E-state index >= 15 is 0 Å². The first-order valence-electron chi connectivity index (χ1n) is 7.29. The summed E-state index contributed by atoms with van der Waals surface area (Å²) < 4.78 is 0. The van der Waals surface area contributed by atoms with Crippen molar-refractivity contribution in [1.82, 2.24) is 15.6 Å². The Morgan fingerprint density at radius 1 is 1.24 bits per heavy atom.